The molecule has 2 spiro atoms. The molecule has 6 saturated heterocycles. The molecule has 144 heavy (non-hydrogen) atoms. The second kappa shape index (κ2) is 48.1. The second-order valence-electron chi connectivity index (χ2n) is 38.8. The van der Waals surface area contributed by atoms with Crippen LogP contribution in [0.1, 0.15) is 176 Å². The van der Waals surface area contributed by atoms with Crippen LogP contribution in [-0.4, -0.2) is 168 Å². The van der Waals surface area contributed by atoms with E-state index in [0.717, 1.165) is 172 Å². The lowest BCUT2D eigenvalue weighted by atomic mass is 9.51. The van der Waals surface area contributed by atoms with E-state index in [0.29, 0.717) is 52.4 Å². The lowest BCUT2D eigenvalue weighted by molar-refractivity contribution is -0.894. The predicted octanol–water partition coefficient (Wildman–Crippen LogP) is 14.9. The quantitative estimate of drug-likeness (QED) is 0.0289. The maximum Gasteiger partial charge on any atom is 0.377 e. The Balaban J connectivity index is 0.000000143. The van der Waals surface area contributed by atoms with Crippen LogP contribution in [-0.2, 0) is 57.0 Å². The first-order valence-electron chi connectivity index (χ1n) is 49.5. The van der Waals surface area contributed by atoms with Crippen LogP contribution in [0, 0.1) is 49.8 Å². The van der Waals surface area contributed by atoms with E-state index in [1.54, 1.807) is 4.90 Å². The highest BCUT2D eigenvalue weighted by atomic mass is 127. The van der Waals surface area contributed by atoms with Crippen molar-refractivity contribution in [3.8, 4) is 69.0 Å². The summed E-state index contributed by atoms with van der Waals surface area (Å²) in [5.74, 6) is -24.0. The van der Waals surface area contributed by atoms with E-state index in [1.165, 1.54) is 33.9 Å². The maximum atomic E-state index is 13.7. The molecule has 22 rings (SSSR count). The van der Waals surface area contributed by atoms with Gasteiger partial charge in [0.05, 0.1) is 46.1 Å². The lowest BCUT2D eigenvalue weighted by Crippen LogP contribution is -3.61. The Morgan fingerprint density at radius 1 is 0.319 bits per heavy atom. The summed E-state index contributed by atoms with van der Waals surface area (Å²) in [5.41, 5.74) is -2.30. The van der Waals surface area contributed by atoms with Crippen molar-refractivity contribution in [3.63, 3.8) is 0 Å². The van der Waals surface area contributed by atoms with Gasteiger partial charge in [-0.05, 0) is 342 Å². The van der Waals surface area contributed by atoms with Crippen molar-refractivity contribution in [1.82, 2.24) is 0 Å². The van der Waals surface area contributed by atoms with Crippen molar-refractivity contribution in [2.45, 2.75) is 259 Å². The van der Waals surface area contributed by atoms with Gasteiger partial charge in [-0.2, -0.15) is 52.7 Å². The van der Waals surface area contributed by atoms with Gasteiger partial charge in [0.2, 0.25) is 0 Å². The number of quaternary nitrogens is 1. The number of benzene rings is 8. The third-order valence-corrected chi connectivity index (χ3v) is 33.3. The first kappa shape index (κ1) is 110. The molecule has 8 bridgehead atoms. The molecule has 8 aromatic rings. The number of alkyl halides is 12. The van der Waals surface area contributed by atoms with Crippen molar-refractivity contribution in [2.75, 3.05) is 72.5 Å². The van der Waals surface area contributed by atoms with Crippen LogP contribution in [0.5, 0.6) is 69.0 Å². The van der Waals surface area contributed by atoms with Gasteiger partial charge in [-0.3, -0.25) is 0 Å². The van der Waals surface area contributed by atoms with E-state index in [9.17, 15) is 62.3 Å². The minimum Gasteiger partial charge on any atom is -1.00 e. The van der Waals surface area contributed by atoms with Gasteiger partial charge in [-0.1, -0.05) is 0 Å². The Labute approximate surface area is 858 Å². The van der Waals surface area contributed by atoms with Crippen molar-refractivity contribution in [2.24, 2.45) is 35.5 Å². The number of hydrogen-bond donors (Lipinski definition) is 1. The minimum atomic E-state index is -4.36. The molecule has 1 N–H and O–H groups in total. The standard InChI is InChI=1S/2C34H34IO6.2C17H20F6O4.C6H15N.ClH/c2*1-3-23-36-33(5-1)40-31-19-15-29(16-20-31)38-27-11-7-25(8-12-27)35-26-9-13-28(14-10-26)39-30-17-21-32(22-18-30)41-34-6-2-4-24-37-34;2*1-13(18,19)12(24)27-14-4-9-2-10(5-14)17(11(3-9)6-14)25-7-15(20,21)16(22,23)8-26-17;1-4-7(5-2)6-3;/h2*7-22,33-34H,1-6,23-24H2;2*9-11H,2-8H2,1H3;4-6H2,1-3H3;1H/q2*+1;;;;. The fourth-order valence-corrected chi connectivity index (χ4v) is 25.1. The number of ether oxygens (including phenoxy) is 18. The number of halogens is 15. The molecule has 8 aliphatic carbocycles. The van der Waals surface area contributed by atoms with Gasteiger partial charge in [-0.15, -0.1) is 0 Å². The molecule has 14 fully saturated rings. The first-order valence-corrected chi connectivity index (χ1v) is 53.8. The highest BCUT2D eigenvalue weighted by Crippen LogP contribution is 2.66. The molecule has 8 unspecified atom stereocenters. The summed E-state index contributed by atoms with van der Waals surface area (Å²) < 4.78 is 270. The van der Waals surface area contributed by atoms with Crippen LogP contribution in [0.4, 0.5) is 52.7 Å². The highest BCUT2D eigenvalue weighted by Gasteiger charge is 2.72. The molecule has 0 aromatic heterocycles. The Hall–Kier alpha value is -8.35. The number of rotatable bonds is 27. The van der Waals surface area contributed by atoms with Crippen molar-refractivity contribution < 1.29 is 207 Å². The Morgan fingerprint density at radius 3 is 0.701 bits per heavy atom. The van der Waals surface area contributed by atoms with Gasteiger partial charge in [0.1, 0.15) is 107 Å². The summed E-state index contributed by atoms with van der Waals surface area (Å²) >= 11 is -0.627. The van der Waals surface area contributed by atoms with Gasteiger partial charge in [0.25, 0.3) is 0 Å². The predicted molar refractivity (Wildman–Crippen MR) is 491 cm³/mol. The molecule has 8 atom stereocenters. The van der Waals surface area contributed by atoms with E-state index in [2.05, 4.69) is 69.3 Å². The maximum absolute atomic E-state index is 13.7. The number of hydrogen-bond acceptors (Lipinski definition) is 20. The monoisotopic (exact) mass is 2270 g/mol. The Bertz CT molecular complexity index is 4770. The average Bonchev–Trinajstić information content (AvgIpc) is 1.26. The summed E-state index contributed by atoms with van der Waals surface area (Å²) in [6.07, 6.45) is 15.1. The molecular formula is C108H124ClF12I2NO20+2. The van der Waals surface area contributed by atoms with Gasteiger partial charge in [0.15, 0.2) is 51.0 Å². The fraction of sp³-hybridized carbons (Fsp3) is 0.537. The van der Waals surface area contributed by atoms with Gasteiger partial charge < -0.3 is 103 Å². The third kappa shape index (κ3) is 28.4. The van der Waals surface area contributed by atoms with Gasteiger partial charge in [-0.25, -0.2) is 9.59 Å². The molecule has 6 aliphatic heterocycles. The van der Waals surface area contributed by atoms with Crippen LogP contribution in [0.15, 0.2) is 194 Å². The molecule has 6 heterocycles. The summed E-state index contributed by atoms with van der Waals surface area (Å²) in [4.78, 5) is 25.1. The summed E-state index contributed by atoms with van der Waals surface area (Å²) in [7, 11) is 0. The fourth-order valence-electron chi connectivity index (χ4n) is 20.8. The molecular weight excluding hydrogens is 2150 g/mol. The Morgan fingerprint density at radius 2 is 0.521 bits per heavy atom. The number of carbonyl (C=O) groups is 2. The Kier molecular flexibility index (Phi) is 36.7. The average molecular weight is 2270 g/mol. The summed E-state index contributed by atoms with van der Waals surface area (Å²) in [6, 6.07) is 64.2. The van der Waals surface area contributed by atoms with Crippen LogP contribution in [0.25, 0.3) is 0 Å². The van der Waals surface area contributed by atoms with Crippen molar-refractivity contribution in [1.29, 1.82) is 0 Å². The zero-order valence-electron chi connectivity index (χ0n) is 80.9. The highest BCUT2D eigenvalue weighted by molar-refractivity contribution is 5.78. The molecule has 14 aliphatic rings. The van der Waals surface area contributed by atoms with E-state index < -0.39 is 120 Å². The summed E-state index contributed by atoms with van der Waals surface area (Å²) in [6.45, 7) is 8.56. The normalized spacial score (nSPS) is 26.7. The molecule has 8 saturated carbocycles. The minimum absolute atomic E-state index is 0. The van der Waals surface area contributed by atoms with E-state index in [4.69, 9.17) is 85.3 Å². The summed E-state index contributed by atoms with van der Waals surface area (Å²) in [5, 5.41) is 0. The van der Waals surface area contributed by atoms with E-state index >= 15 is 0 Å². The SMILES string of the molecule is CC(F)(F)C(=O)OC12CC3CC(C1)C1(OCC(F)(F)C(F)(F)CO1)C(C3)C2.CC(F)(F)C(=O)OC12CC3CC(C1)C1(OCC(F)(F)C(F)(F)CO1)C(C3)C2.CC[NH+](CC)CC.[Cl-].c1cc(OC2CCCCO2)ccc1Oc1ccc([I+]c2ccc(Oc3ccc(OC4CCCCO4)cc3)cc2)cc1.c1cc(OC2CCCCO2)ccc1Oc1ccc([I+]c2ccc(Oc3ccc(OC4CCCCO4)cc3)cc2)cc1. The molecule has 36 heteroatoms. The molecule has 0 amide bonds. The van der Waals surface area contributed by atoms with Crippen LogP contribution in [0.3, 0.4) is 0 Å². The van der Waals surface area contributed by atoms with Gasteiger partial charge >= 0.3 is 89.9 Å². The first-order chi connectivity index (χ1) is 68.4. The van der Waals surface area contributed by atoms with Crippen LogP contribution in [0.2, 0.25) is 0 Å². The molecule has 0 radical (unpaired) electrons. The smallest absolute Gasteiger partial charge is 0.377 e. The second-order valence-corrected chi connectivity index (χ2v) is 44.9. The zero-order chi connectivity index (χ0) is 101. The van der Waals surface area contributed by atoms with Gasteiger partial charge in [0, 0.05) is 63.2 Å². The van der Waals surface area contributed by atoms with E-state index in [1.807, 2.05) is 146 Å². The molecule has 21 nitrogen and oxygen atoms in total. The number of carbonyl (C=O) groups excluding carboxylic acids is 2. The zero-order valence-corrected chi connectivity index (χ0v) is 86.0. The molecule has 8 aromatic carbocycles. The van der Waals surface area contributed by atoms with Crippen molar-refractivity contribution in [3.05, 3.63) is 208 Å². The van der Waals surface area contributed by atoms with Crippen LogP contribution >= 0.6 is 0 Å². The largest absolute Gasteiger partial charge is 1.00 e. The number of nitrogens with one attached hydrogen (secondary N) is 1. The lowest BCUT2D eigenvalue weighted by Gasteiger charge is -2.63. The third-order valence-electron chi connectivity index (χ3n) is 27.9. The topological polar surface area (TPSA) is 205 Å². The van der Waals surface area contributed by atoms with E-state index in [-0.39, 0.29) is 117 Å². The van der Waals surface area contributed by atoms with Crippen molar-refractivity contribution >= 4 is 11.9 Å². The van der Waals surface area contributed by atoms with Crippen LogP contribution < -0.4 is 97.6 Å². The molecule has 784 valence electrons. The number of esters is 2.